The fraction of sp³-hybridized carbons (Fsp3) is 0.974. The van der Waals surface area contributed by atoms with Gasteiger partial charge < -0.3 is 0 Å². The molecule has 48 heavy (non-hydrogen) atoms. The number of alkyl halides is 3. The van der Waals surface area contributed by atoms with Crippen molar-refractivity contribution in [1.29, 1.82) is 5.26 Å². The molecule has 3 fully saturated rings. The summed E-state index contributed by atoms with van der Waals surface area (Å²) in [6.45, 7) is 38.0. The van der Waals surface area contributed by atoms with Crippen molar-refractivity contribution >= 4 is 0 Å². The van der Waals surface area contributed by atoms with Crippen LogP contribution < -0.4 is 0 Å². The predicted octanol–water partition coefficient (Wildman–Crippen LogP) is 6.93. The molecule has 0 aromatic heterocycles. The van der Waals surface area contributed by atoms with Gasteiger partial charge in [-0.2, -0.15) is 18.4 Å². The zero-order chi connectivity index (χ0) is 36.7. The first-order chi connectivity index (χ1) is 21.6. The van der Waals surface area contributed by atoms with Crippen LogP contribution in [0, 0.1) is 11.3 Å². The number of nitriles is 1. The molecule has 3 aliphatic rings. The number of halogens is 3. The molecule has 0 radical (unpaired) electrons. The summed E-state index contributed by atoms with van der Waals surface area (Å²) in [5.41, 5.74) is -1.12. The molecule has 1 unspecified atom stereocenters. The van der Waals surface area contributed by atoms with Crippen LogP contribution in [-0.2, 0) is 0 Å². The molecule has 3 rings (SSSR count). The maximum atomic E-state index is 14.9. The highest BCUT2D eigenvalue weighted by Gasteiger charge is 2.52. The number of nitrogens with zero attached hydrogens (tertiary/aromatic N) is 7. The highest BCUT2D eigenvalue weighted by Crippen LogP contribution is 2.39. The molecule has 0 amide bonds. The summed E-state index contributed by atoms with van der Waals surface area (Å²) in [5.74, 6) is 0. The fourth-order valence-electron chi connectivity index (χ4n) is 8.37. The van der Waals surface area contributed by atoms with Gasteiger partial charge in [-0.15, -0.1) is 0 Å². The summed E-state index contributed by atoms with van der Waals surface area (Å²) in [4.78, 5) is 13.6. The van der Waals surface area contributed by atoms with Crippen LogP contribution in [0.5, 0.6) is 0 Å². The zero-order valence-electron chi connectivity index (χ0n) is 33.3. The zero-order valence-corrected chi connectivity index (χ0v) is 33.3. The first kappa shape index (κ1) is 41.5. The minimum absolute atomic E-state index is 0.0103. The van der Waals surface area contributed by atoms with E-state index in [4.69, 9.17) is 0 Å². The van der Waals surface area contributed by atoms with Gasteiger partial charge in [-0.05, 0) is 123 Å². The van der Waals surface area contributed by atoms with Crippen LogP contribution in [0.15, 0.2) is 0 Å². The second-order valence-electron chi connectivity index (χ2n) is 19.5. The molecule has 0 spiro atoms. The van der Waals surface area contributed by atoms with Crippen molar-refractivity contribution < 1.29 is 13.2 Å². The van der Waals surface area contributed by atoms with E-state index >= 15 is 0 Å². The Morgan fingerprint density at radius 1 is 0.479 bits per heavy atom. The largest absolute Gasteiger partial charge is 0.405 e. The molecule has 3 heterocycles. The minimum Gasteiger partial charge on any atom is -0.296 e. The minimum atomic E-state index is -4.31. The van der Waals surface area contributed by atoms with Crippen LogP contribution in [0.25, 0.3) is 0 Å². The van der Waals surface area contributed by atoms with Gasteiger partial charge >= 0.3 is 6.18 Å². The van der Waals surface area contributed by atoms with E-state index in [1.165, 1.54) is 0 Å². The first-order valence-electron chi connectivity index (χ1n) is 18.6. The second kappa shape index (κ2) is 14.6. The Balaban J connectivity index is 1.64. The molecule has 0 aromatic carbocycles. The van der Waals surface area contributed by atoms with Crippen molar-refractivity contribution in [1.82, 2.24) is 29.4 Å². The van der Waals surface area contributed by atoms with Crippen molar-refractivity contribution in [2.45, 2.75) is 174 Å². The van der Waals surface area contributed by atoms with Crippen molar-refractivity contribution in [2.75, 3.05) is 65.4 Å². The van der Waals surface area contributed by atoms with Crippen LogP contribution in [0.3, 0.4) is 0 Å². The van der Waals surface area contributed by atoms with Crippen LogP contribution >= 0.6 is 0 Å². The van der Waals surface area contributed by atoms with Crippen molar-refractivity contribution in [3.8, 4) is 6.07 Å². The molecule has 0 aromatic rings. The summed E-state index contributed by atoms with van der Waals surface area (Å²) in [6, 6.07) is 0.849. The van der Waals surface area contributed by atoms with E-state index < -0.39 is 23.3 Å². The average molecular weight is 684 g/mol. The smallest absolute Gasteiger partial charge is 0.296 e. The summed E-state index contributed by atoms with van der Waals surface area (Å²) in [6.07, 6.45) is -1.16. The van der Waals surface area contributed by atoms with Gasteiger partial charge in [0, 0.05) is 98.7 Å². The van der Waals surface area contributed by atoms with Gasteiger partial charge in [-0.1, -0.05) is 0 Å². The molecule has 0 aliphatic carbocycles. The van der Waals surface area contributed by atoms with Crippen molar-refractivity contribution in [3.63, 3.8) is 0 Å². The summed E-state index contributed by atoms with van der Waals surface area (Å²) >= 11 is 0. The Kier molecular flexibility index (Phi) is 12.6. The van der Waals surface area contributed by atoms with E-state index in [0.29, 0.717) is 26.1 Å². The summed E-state index contributed by atoms with van der Waals surface area (Å²) < 4.78 is 44.6. The Bertz CT molecular complexity index is 1090. The standard InChI is InChI=1S/C38H72F3N7/c1-32(2,3)43-19-21-44(22-20-43)34(7,8)15-18-37(13,14)48-26-24-46(29-31(48)38(39,40)41)35(9,10)16-17-36(11,12)47-25-23-45(33(4,5)6)28-30(47)27-42/h30-31H,15-26,28-29H2,1-14H3/t30-,31?/m1/s1. The molecule has 3 saturated heterocycles. The van der Waals surface area contributed by atoms with Gasteiger partial charge in [0.05, 0.1) is 6.07 Å². The average Bonchev–Trinajstić information content (AvgIpc) is 2.97. The molecule has 2 atom stereocenters. The number of hydrogen-bond donors (Lipinski definition) is 0. The van der Waals surface area contributed by atoms with E-state index in [2.05, 4.69) is 114 Å². The molecule has 3 aliphatic heterocycles. The normalized spacial score (nSPS) is 25.4. The van der Waals surface area contributed by atoms with Crippen molar-refractivity contribution in [2.24, 2.45) is 0 Å². The van der Waals surface area contributed by atoms with E-state index in [0.717, 1.165) is 58.5 Å². The molecule has 7 nitrogen and oxygen atoms in total. The summed E-state index contributed by atoms with van der Waals surface area (Å²) in [5, 5.41) is 10.1. The Labute approximate surface area is 293 Å². The lowest BCUT2D eigenvalue weighted by Gasteiger charge is -2.54. The van der Waals surface area contributed by atoms with Gasteiger partial charge in [0.2, 0.25) is 0 Å². The topological polar surface area (TPSA) is 43.2 Å². The van der Waals surface area contributed by atoms with Gasteiger partial charge in [-0.25, -0.2) is 0 Å². The SMILES string of the molecule is CC(C)(C)N1CCN(C(C)(C)CCC(C)(C)N2CCN(C(C)(C)CCC(C)(C)N3CCN(C(C)(C)C)C[C@H]3C#N)CC2C(F)(F)F)CC1. The third kappa shape index (κ3) is 10.1. The van der Waals surface area contributed by atoms with E-state index in [1.807, 2.05) is 13.8 Å². The Morgan fingerprint density at radius 2 is 0.854 bits per heavy atom. The molecule has 0 bridgehead atoms. The van der Waals surface area contributed by atoms with Crippen molar-refractivity contribution in [3.05, 3.63) is 0 Å². The number of hydrogen-bond acceptors (Lipinski definition) is 7. The summed E-state index contributed by atoms with van der Waals surface area (Å²) in [7, 11) is 0. The van der Waals surface area contributed by atoms with E-state index in [-0.39, 0.29) is 34.7 Å². The Morgan fingerprint density at radius 3 is 1.31 bits per heavy atom. The molecule has 0 saturated carbocycles. The number of rotatable bonds is 10. The molecular weight excluding hydrogens is 611 g/mol. The van der Waals surface area contributed by atoms with Gasteiger partial charge in [0.15, 0.2) is 0 Å². The third-order valence-corrected chi connectivity index (χ3v) is 12.4. The van der Waals surface area contributed by atoms with Gasteiger partial charge in [0.25, 0.3) is 0 Å². The van der Waals surface area contributed by atoms with Crippen LogP contribution in [0.1, 0.15) is 123 Å². The Hall–Kier alpha value is -0.960. The van der Waals surface area contributed by atoms with E-state index in [1.54, 1.807) is 4.90 Å². The second-order valence-corrected chi connectivity index (χ2v) is 19.5. The maximum absolute atomic E-state index is 14.9. The fourth-order valence-corrected chi connectivity index (χ4v) is 8.37. The molecule has 0 N–H and O–H groups in total. The van der Waals surface area contributed by atoms with E-state index in [9.17, 15) is 18.4 Å². The van der Waals surface area contributed by atoms with Gasteiger partial charge in [0.1, 0.15) is 12.1 Å². The monoisotopic (exact) mass is 684 g/mol. The lowest BCUT2D eigenvalue weighted by Crippen LogP contribution is -2.68. The number of piperazine rings is 3. The lowest BCUT2D eigenvalue weighted by molar-refractivity contribution is -0.218. The van der Waals surface area contributed by atoms with Gasteiger partial charge in [-0.3, -0.25) is 29.4 Å². The quantitative estimate of drug-likeness (QED) is 0.247. The maximum Gasteiger partial charge on any atom is 0.405 e. The van der Waals surface area contributed by atoms with Crippen LogP contribution in [0.2, 0.25) is 0 Å². The highest BCUT2D eigenvalue weighted by molar-refractivity contribution is 5.05. The molecular formula is C38H72F3N7. The van der Waals surface area contributed by atoms with Crippen LogP contribution in [0.4, 0.5) is 13.2 Å². The predicted molar refractivity (Wildman–Crippen MR) is 193 cm³/mol. The first-order valence-corrected chi connectivity index (χ1v) is 18.6. The molecule has 280 valence electrons. The van der Waals surface area contributed by atoms with Crippen LogP contribution in [-0.4, -0.2) is 146 Å². The highest BCUT2D eigenvalue weighted by atomic mass is 19.4. The molecule has 10 heteroatoms. The lowest BCUT2D eigenvalue weighted by atomic mass is 9.83. The third-order valence-electron chi connectivity index (χ3n) is 12.4.